The van der Waals surface area contributed by atoms with E-state index in [1.165, 1.54) is 18.2 Å². The Bertz CT molecular complexity index is 688. The number of halogens is 3. The lowest BCUT2D eigenvalue weighted by Crippen LogP contribution is -2.21. The van der Waals surface area contributed by atoms with Gasteiger partial charge in [0, 0.05) is 24.5 Å². The molecule has 5 nitrogen and oxygen atoms in total. The van der Waals surface area contributed by atoms with Gasteiger partial charge < -0.3 is 10.4 Å². The van der Waals surface area contributed by atoms with E-state index in [1.807, 2.05) is 0 Å². The number of aliphatic hydroxyl groups is 1. The van der Waals surface area contributed by atoms with Gasteiger partial charge in [-0.15, -0.1) is 0 Å². The van der Waals surface area contributed by atoms with Gasteiger partial charge in [0.1, 0.15) is 0 Å². The van der Waals surface area contributed by atoms with E-state index in [0.717, 1.165) is 23.5 Å². The maximum atomic E-state index is 12.6. The number of thiophene rings is 1. The highest BCUT2D eigenvalue weighted by Crippen LogP contribution is 2.30. The minimum Gasteiger partial charge on any atom is -0.387 e. The van der Waals surface area contributed by atoms with Crippen molar-refractivity contribution in [3.63, 3.8) is 0 Å². The van der Waals surface area contributed by atoms with E-state index in [-0.39, 0.29) is 23.7 Å². The van der Waals surface area contributed by atoms with E-state index in [2.05, 4.69) is 5.32 Å². The predicted octanol–water partition coefficient (Wildman–Crippen LogP) is 3.50. The van der Waals surface area contributed by atoms with Gasteiger partial charge in [0.2, 0.25) is 0 Å². The van der Waals surface area contributed by atoms with E-state index in [9.17, 15) is 28.4 Å². The average molecular weight is 346 g/mol. The minimum atomic E-state index is -4.46. The molecule has 0 amide bonds. The largest absolute Gasteiger partial charge is 0.416 e. The topological polar surface area (TPSA) is 75.4 Å². The number of rotatable bonds is 6. The molecule has 0 saturated carbocycles. The number of alkyl halides is 3. The van der Waals surface area contributed by atoms with Crippen molar-refractivity contribution in [2.45, 2.75) is 18.8 Å². The Kier molecular flexibility index (Phi) is 5.34. The minimum absolute atomic E-state index is 0.0141. The normalized spacial score (nSPS) is 13.0. The summed E-state index contributed by atoms with van der Waals surface area (Å²) in [5, 5.41) is 25.0. The molecule has 0 radical (unpaired) electrons. The van der Waals surface area contributed by atoms with Gasteiger partial charge in [0.25, 0.3) is 0 Å². The summed E-state index contributed by atoms with van der Waals surface area (Å²) >= 11 is 0.991. The first-order chi connectivity index (χ1) is 10.8. The summed E-state index contributed by atoms with van der Waals surface area (Å²) in [6, 6.07) is 5.91. The Labute approximate surface area is 133 Å². The van der Waals surface area contributed by atoms with Crippen LogP contribution in [-0.2, 0) is 12.7 Å². The molecule has 1 aromatic heterocycles. The van der Waals surface area contributed by atoms with Crippen molar-refractivity contribution in [1.29, 1.82) is 0 Å². The summed E-state index contributed by atoms with van der Waals surface area (Å²) in [5.41, 5.74) is 0.0177. The molecule has 0 aliphatic heterocycles. The average Bonchev–Trinajstić information content (AvgIpc) is 2.95. The number of nitrogens with zero attached hydrogens (tertiary/aromatic N) is 1. The Morgan fingerprint density at radius 2 is 2.09 bits per heavy atom. The van der Waals surface area contributed by atoms with Crippen LogP contribution in [0.25, 0.3) is 0 Å². The molecule has 9 heteroatoms. The van der Waals surface area contributed by atoms with Crippen molar-refractivity contribution in [2.24, 2.45) is 0 Å². The van der Waals surface area contributed by atoms with Crippen LogP contribution in [-0.4, -0.2) is 16.6 Å². The standard InChI is InChI=1S/C14H13F3N2O3S/c15-14(16,17)11-3-1-2-10(5-11)12(20)7-18-6-9-4-13(19(21)22)23-8-9/h1-5,8,12,18,20H,6-7H2. The monoisotopic (exact) mass is 346 g/mol. The van der Waals surface area contributed by atoms with Crippen LogP contribution < -0.4 is 5.32 Å². The van der Waals surface area contributed by atoms with Crippen LogP contribution in [0.3, 0.4) is 0 Å². The fourth-order valence-corrected chi connectivity index (χ4v) is 2.67. The fourth-order valence-electron chi connectivity index (χ4n) is 1.94. The highest BCUT2D eigenvalue weighted by molar-refractivity contribution is 7.13. The van der Waals surface area contributed by atoms with Gasteiger partial charge in [-0.1, -0.05) is 23.5 Å². The molecule has 0 aliphatic carbocycles. The molecule has 0 spiro atoms. The first-order valence-electron chi connectivity index (χ1n) is 6.55. The maximum Gasteiger partial charge on any atom is 0.416 e. The molecule has 0 fully saturated rings. The Morgan fingerprint density at radius 3 is 2.70 bits per heavy atom. The van der Waals surface area contributed by atoms with Gasteiger partial charge in [-0.05, 0) is 23.3 Å². The van der Waals surface area contributed by atoms with Crippen LogP contribution in [0.4, 0.5) is 18.2 Å². The molecule has 0 bridgehead atoms. The number of benzene rings is 1. The van der Waals surface area contributed by atoms with E-state index >= 15 is 0 Å². The Hall–Kier alpha value is -1.97. The lowest BCUT2D eigenvalue weighted by Gasteiger charge is -2.14. The molecule has 1 atom stereocenters. The first kappa shape index (κ1) is 17.4. The SMILES string of the molecule is O=[N+]([O-])c1cc(CNCC(O)c2cccc(C(F)(F)F)c2)cs1. The summed E-state index contributed by atoms with van der Waals surface area (Å²) < 4.78 is 37.9. The number of nitro groups is 1. The van der Waals surface area contributed by atoms with Crippen molar-refractivity contribution >= 4 is 16.3 Å². The van der Waals surface area contributed by atoms with E-state index < -0.39 is 22.8 Å². The second-order valence-electron chi connectivity index (χ2n) is 4.82. The van der Waals surface area contributed by atoms with Gasteiger partial charge in [-0.25, -0.2) is 0 Å². The number of aliphatic hydroxyl groups excluding tert-OH is 1. The molecular weight excluding hydrogens is 333 g/mol. The quantitative estimate of drug-likeness (QED) is 0.620. The van der Waals surface area contributed by atoms with Crippen molar-refractivity contribution in [1.82, 2.24) is 5.32 Å². The number of nitrogens with one attached hydrogen (secondary N) is 1. The second-order valence-corrected chi connectivity index (χ2v) is 5.71. The zero-order chi connectivity index (χ0) is 17.0. The summed E-state index contributed by atoms with van der Waals surface area (Å²) in [6.07, 6.45) is -5.57. The summed E-state index contributed by atoms with van der Waals surface area (Å²) in [6.45, 7) is 0.311. The molecule has 1 heterocycles. The van der Waals surface area contributed by atoms with E-state index in [0.29, 0.717) is 5.56 Å². The zero-order valence-corrected chi connectivity index (χ0v) is 12.5. The Balaban J connectivity index is 1.91. The number of hydrogen-bond donors (Lipinski definition) is 2. The molecule has 0 aliphatic rings. The molecule has 124 valence electrons. The van der Waals surface area contributed by atoms with Crippen LogP contribution in [0.1, 0.15) is 22.8 Å². The smallest absolute Gasteiger partial charge is 0.387 e. The molecule has 23 heavy (non-hydrogen) atoms. The summed E-state index contributed by atoms with van der Waals surface area (Å²) in [5.74, 6) is 0. The van der Waals surface area contributed by atoms with Gasteiger partial charge in [-0.3, -0.25) is 10.1 Å². The third kappa shape index (κ3) is 4.75. The number of hydrogen-bond acceptors (Lipinski definition) is 5. The lowest BCUT2D eigenvalue weighted by molar-refractivity contribution is -0.380. The van der Waals surface area contributed by atoms with Crippen molar-refractivity contribution in [2.75, 3.05) is 6.54 Å². The Morgan fingerprint density at radius 1 is 1.35 bits per heavy atom. The molecule has 2 rings (SSSR count). The predicted molar refractivity (Wildman–Crippen MR) is 79.1 cm³/mol. The van der Waals surface area contributed by atoms with Gasteiger partial charge in [0.15, 0.2) is 0 Å². The van der Waals surface area contributed by atoms with Crippen molar-refractivity contribution < 1.29 is 23.2 Å². The highest BCUT2D eigenvalue weighted by Gasteiger charge is 2.30. The molecule has 2 aromatic rings. The van der Waals surface area contributed by atoms with Crippen LogP contribution >= 0.6 is 11.3 Å². The fraction of sp³-hybridized carbons (Fsp3) is 0.286. The van der Waals surface area contributed by atoms with Crippen molar-refractivity contribution in [3.8, 4) is 0 Å². The molecule has 1 unspecified atom stereocenters. The van der Waals surface area contributed by atoms with Crippen molar-refractivity contribution in [3.05, 3.63) is 62.5 Å². The maximum absolute atomic E-state index is 12.6. The van der Waals surface area contributed by atoms with Crippen LogP contribution in [0, 0.1) is 10.1 Å². The van der Waals surface area contributed by atoms with Crippen LogP contribution in [0.15, 0.2) is 35.7 Å². The van der Waals surface area contributed by atoms with Gasteiger partial charge in [0.05, 0.1) is 16.6 Å². The van der Waals surface area contributed by atoms with E-state index in [4.69, 9.17) is 0 Å². The molecule has 1 aromatic carbocycles. The highest BCUT2D eigenvalue weighted by atomic mass is 32.1. The van der Waals surface area contributed by atoms with Crippen LogP contribution in [0.5, 0.6) is 0 Å². The molecule has 0 saturated heterocycles. The zero-order valence-electron chi connectivity index (χ0n) is 11.7. The van der Waals surface area contributed by atoms with E-state index in [1.54, 1.807) is 5.38 Å². The lowest BCUT2D eigenvalue weighted by atomic mass is 10.1. The molecule has 2 N–H and O–H groups in total. The van der Waals surface area contributed by atoms with Crippen LogP contribution in [0.2, 0.25) is 0 Å². The van der Waals surface area contributed by atoms with Gasteiger partial charge in [-0.2, -0.15) is 13.2 Å². The first-order valence-corrected chi connectivity index (χ1v) is 7.43. The second kappa shape index (κ2) is 7.07. The third-order valence-electron chi connectivity index (χ3n) is 3.09. The summed E-state index contributed by atoms with van der Waals surface area (Å²) in [4.78, 5) is 10.1. The molecular formula is C14H13F3N2O3S. The summed E-state index contributed by atoms with van der Waals surface area (Å²) in [7, 11) is 0. The third-order valence-corrected chi connectivity index (χ3v) is 4.01. The van der Waals surface area contributed by atoms with Gasteiger partial charge >= 0.3 is 11.2 Å².